The summed E-state index contributed by atoms with van der Waals surface area (Å²) in [5, 5.41) is 3.06. The van der Waals surface area contributed by atoms with E-state index in [4.69, 9.17) is 0 Å². The fourth-order valence-corrected chi connectivity index (χ4v) is 5.61. The smallest absolute Gasteiger partial charge is 0.264 e. The molecule has 4 saturated heterocycles. The predicted molar refractivity (Wildman–Crippen MR) is 85.7 cm³/mol. The van der Waals surface area contributed by atoms with E-state index in [1.165, 1.54) is 0 Å². The SMILES string of the molecule is CCC12CN3CC(C)(CN(C1)C31C(=O)Nc3ccccc31)C2=O. The van der Waals surface area contributed by atoms with Crippen LogP contribution in [0.15, 0.2) is 24.3 Å². The molecule has 1 aromatic carbocycles. The van der Waals surface area contributed by atoms with E-state index in [2.05, 4.69) is 35.0 Å². The lowest BCUT2D eigenvalue weighted by Crippen LogP contribution is -2.83. The van der Waals surface area contributed by atoms with Crippen LogP contribution in [0.1, 0.15) is 25.8 Å². The van der Waals surface area contributed by atoms with Crippen LogP contribution in [0.25, 0.3) is 0 Å². The fraction of sp³-hybridized carbons (Fsp3) is 0.556. The molecular formula is C18H21N3O2. The number of rotatable bonds is 1. The summed E-state index contributed by atoms with van der Waals surface area (Å²) >= 11 is 0. The zero-order chi connectivity index (χ0) is 16.0. The second kappa shape index (κ2) is 3.84. The fourth-order valence-electron chi connectivity index (χ4n) is 5.61. The van der Waals surface area contributed by atoms with Crippen LogP contribution in [0.4, 0.5) is 5.69 Å². The van der Waals surface area contributed by atoms with Gasteiger partial charge in [0.1, 0.15) is 5.78 Å². The van der Waals surface area contributed by atoms with Gasteiger partial charge in [-0.2, -0.15) is 0 Å². The molecule has 120 valence electrons. The first-order valence-corrected chi connectivity index (χ1v) is 8.42. The van der Waals surface area contributed by atoms with Crippen molar-refractivity contribution in [2.75, 3.05) is 31.5 Å². The molecule has 0 aliphatic carbocycles. The molecule has 1 N–H and O–H groups in total. The van der Waals surface area contributed by atoms with Crippen molar-refractivity contribution in [2.24, 2.45) is 10.8 Å². The van der Waals surface area contributed by atoms with Crippen molar-refractivity contribution in [3.63, 3.8) is 0 Å². The van der Waals surface area contributed by atoms with Crippen LogP contribution in [0, 0.1) is 10.8 Å². The van der Waals surface area contributed by atoms with E-state index in [1.807, 2.05) is 18.2 Å². The molecule has 0 aromatic heterocycles. The first-order chi connectivity index (χ1) is 11.0. The van der Waals surface area contributed by atoms with Gasteiger partial charge in [0, 0.05) is 37.4 Å². The van der Waals surface area contributed by atoms with Gasteiger partial charge in [-0.1, -0.05) is 32.0 Å². The highest BCUT2D eigenvalue weighted by Gasteiger charge is 2.71. The van der Waals surface area contributed by atoms with Gasteiger partial charge >= 0.3 is 0 Å². The van der Waals surface area contributed by atoms with Crippen molar-refractivity contribution >= 4 is 17.4 Å². The minimum absolute atomic E-state index is 0.0415. The van der Waals surface area contributed by atoms with Gasteiger partial charge in [0.25, 0.3) is 5.91 Å². The van der Waals surface area contributed by atoms with Gasteiger partial charge in [0.2, 0.25) is 0 Å². The number of hydrogen-bond donors (Lipinski definition) is 1. The van der Waals surface area contributed by atoms with Gasteiger partial charge in [-0.3, -0.25) is 19.4 Å². The molecule has 2 unspecified atom stereocenters. The molecule has 0 saturated carbocycles. The first kappa shape index (κ1) is 13.7. The Balaban J connectivity index is 1.73. The number of piperidine rings is 2. The number of benzene rings is 1. The summed E-state index contributed by atoms with van der Waals surface area (Å²) in [5.41, 5.74) is 0.581. The third-order valence-corrected chi connectivity index (χ3v) is 6.56. The second-order valence-electron chi connectivity index (χ2n) is 7.91. The number of nitrogens with one attached hydrogen (secondary N) is 1. The molecule has 6 rings (SSSR count). The molecule has 0 radical (unpaired) electrons. The van der Waals surface area contributed by atoms with E-state index in [0.29, 0.717) is 32.0 Å². The van der Waals surface area contributed by atoms with E-state index in [0.717, 1.165) is 17.7 Å². The van der Waals surface area contributed by atoms with Crippen LogP contribution in [0.3, 0.4) is 0 Å². The van der Waals surface area contributed by atoms with E-state index in [1.54, 1.807) is 0 Å². The van der Waals surface area contributed by atoms with E-state index < -0.39 is 5.66 Å². The van der Waals surface area contributed by atoms with E-state index in [-0.39, 0.29) is 16.7 Å². The van der Waals surface area contributed by atoms with Crippen molar-refractivity contribution in [3.8, 4) is 0 Å². The lowest BCUT2D eigenvalue weighted by molar-refractivity contribution is -0.230. The Labute approximate surface area is 135 Å². The van der Waals surface area contributed by atoms with Gasteiger partial charge in [-0.15, -0.1) is 0 Å². The molecule has 1 spiro atoms. The quantitative estimate of drug-likeness (QED) is 0.852. The minimum Gasteiger partial charge on any atom is -0.323 e. The number of carbonyl (C=O) groups is 2. The zero-order valence-corrected chi connectivity index (χ0v) is 13.6. The topological polar surface area (TPSA) is 52.6 Å². The second-order valence-corrected chi connectivity index (χ2v) is 7.91. The summed E-state index contributed by atoms with van der Waals surface area (Å²) in [6.07, 6.45) is 0.841. The number of anilines is 1. The highest BCUT2D eigenvalue weighted by atomic mass is 16.2. The van der Waals surface area contributed by atoms with Crippen LogP contribution in [-0.4, -0.2) is 47.7 Å². The first-order valence-electron chi connectivity index (χ1n) is 8.42. The number of hydrogen-bond acceptors (Lipinski definition) is 4. The Kier molecular flexibility index (Phi) is 2.29. The Morgan fingerprint density at radius 1 is 1.09 bits per heavy atom. The molecule has 1 amide bonds. The Hall–Kier alpha value is -1.72. The molecular weight excluding hydrogens is 290 g/mol. The van der Waals surface area contributed by atoms with Crippen LogP contribution in [0.2, 0.25) is 0 Å². The monoisotopic (exact) mass is 311 g/mol. The predicted octanol–water partition coefficient (Wildman–Crippen LogP) is 1.41. The average Bonchev–Trinajstić information content (AvgIpc) is 2.81. The largest absolute Gasteiger partial charge is 0.323 e. The Morgan fingerprint density at radius 3 is 2.39 bits per heavy atom. The van der Waals surface area contributed by atoms with Crippen LogP contribution in [0.5, 0.6) is 0 Å². The van der Waals surface area contributed by atoms with Gasteiger partial charge < -0.3 is 5.32 Å². The van der Waals surface area contributed by atoms with Crippen molar-refractivity contribution in [1.82, 2.24) is 9.80 Å². The molecule has 4 fully saturated rings. The van der Waals surface area contributed by atoms with E-state index >= 15 is 0 Å². The Morgan fingerprint density at radius 2 is 1.74 bits per heavy atom. The van der Waals surface area contributed by atoms with Crippen LogP contribution < -0.4 is 5.32 Å². The maximum Gasteiger partial charge on any atom is 0.264 e. The van der Waals surface area contributed by atoms with Crippen LogP contribution in [-0.2, 0) is 15.3 Å². The van der Waals surface area contributed by atoms with Crippen molar-refractivity contribution in [2.45, 2.75) is 25.9 Å². The molecule has 5 aliphatic heterocycles. The number of carbonyl (C=O) groups excluding carboxylic acids is 2. The minimum atomic E-state index is -0.713. The molecule has 4 bridgehead atoms. The van der Waals surface area contributed by atoms with Gasteiger partial charge in [0.05, 0.1) is 10.8 Å². The van der Waals surface area contributed by atoms with Crippen molar-refractivity contribution in [3.05, 3.63) is 29.8 Å². The van der Waals surface area contributed by atoms with Gasteiger partial charge in [-0.05, 0) is 12.5 Å². The van der Waals surface area contributed by atoms with Gasteiger partial charge in [-0.25, -0.2) is 0 Å². The number of Topliss-reactive ketones (excluding diaryl/α,β-unsaturated/α-hetero) is 1. The summed E-state index contributed by atoms with van der Waals surface area (Å²) in [5.74, 6) is 0.446. The number of ketones is 1. The summed E-state index contributed by atoms with van der Waals surface area (Å²) in [6, 6.07) is 7.98. The van der Waals surface area contributed by atoms with Crippen molar-refractivity contribution in [1.29, 1.82) is 0 Å². The van der Waals surface area contributed by atoms with Gasteiger partial charge in [0.15, 0.2) is 5.66 Å². The molecule has 5 nitrogen and oxygen atoms in total. The summed E-state index contributed by atoms with van der Waals surface area (Å²) in [6.45, 7) is 6.90. The molecule has 1 aromatic rings. The van der Waals surface area contributed by atoms with E-state index in [9.17, 15) is 9.59 Å². The number of nitrogens with zero attached hydrogens (tertiary/aromatic N) is 2. The normalized spacial score (nSPS) is 46.3. The highest BCUT2D eigenvalue weighted by molar-refractivity contribution is 6.07. The third-order valence-electron chi connectivity index (χ3n) is 6.56. The maximum absolute atomic E-state index is 13.0. The lowest BCUT2D eigenvalue weighted by atomic mass is 9.58. The number of fused-ring (bicyclic) bond motifs is 1. The summed E-state index contributed by atoms with van der Waals surface area (Å²) in [7, 11) is 0. The molecule has 2 atom stereocenters. The highest BCUT2D eigenvalue weighted by Crippen LogP contribution is 2.58. The standard InChI is InChI=1S/C18H21N3O2/c1-3-17-10-20-8-16(2,14(17)22)9-21(11-17)18(20)12-6-4-5-7-13(12)19-15(18)23/h4-7H,3,8-11H2,1-2H3,(H,19,23). The molecule has 5 aliphatic rings. The maximum atomic E-state index is 13.0. The molecule has 5 heteroatoms. The Bertz CT molecular complexity index is 740. The summed E-state index contributed by atoms with van der Waals surface area (Å²) < 4.78 is 0. The lowest BCUT2D eigenvalue weighted by Gasteiger charge is -2.68. The number of para-hydroxylation sites is 1. The summed E-state index contributed by atoms with van der Waals surface area (Å²) in [4.78, 5) is 30.6. The third kappa shape index (κ3) is 1.30. The molecule has 5 heterocycles. The molecule has 23 heavy (non-hydrogen) atoms. The zero-order valence-electron chi connectivity index (χ0n) is 13.6. The number of amides is 1. The van der Waals surface area contributed by atoms with Crippen molar-refractivity contribution < 1.29 is 9.59 Å². The van der Waals surface area contributed by atoms with Crippen LogP contribution >= 0.6 is 0 Å². The average molecular weight is 311 g/mol.